The van der Waals surface area contributed by atoms with Crippen LogP contribution in [0.3, 0.4) is 0 Å². The van der Waals surface area contributed by atoms with Crippen LogP contribution in [0, 0.1) is 5.41 Å². The van der Waals surface area contributed by atoms with Crippen molar-refractivity contribution >= 4 is 28.9 Å². The Bertz CT molecular complexity index is 849. The quantitative estimate of drug-likeness (QED) is 0.620. The fourth-order valence-electron chi connectivity index (χ4n) is 3.48. The van der Waals surface area contributed by atoms with Gasteiger partial charge in [0.1, 0.15) is 5.41 Å². The van der Waals surface area contributed by atoms with E-state index in [0.29, 0.717) is 24.4 Å². The molecule has 154 valence electrons. The second-order valence-corrected chi connectivity index (χ2v) is 7.99. The molecule has 29 heavy (non-hydrogen) atoms. The van der Waals surface area contributed by atoms with Crippen LogP contribution in [0.2, 0.25) is 0 Å². The minimum absolute atomic E-state index is 0.230. The molecule has 1 aliphatic carbocycles. The molecule has 5 nitrogen and oxygen atoms in total. The summed E-state index contributed by atoms with van der Waals surface area (Å²) in [6.07, 6.45) is 1.15. The molecule has 1 fully saturated rings. The molecule has 2 aromatic carbocycles. The summed E-state index contributed by atoms with van der Waals surface area (Å²) < 4.78 is 0. The fraction of sp³-hybridized carbons (Fsp3) is 0.417. The zero-order valence-electron chi connectivity index (χ0n) is 17.8. The normalized spacial score (nSPS) is 14.4. The van der Waals surface area contributed by atoms with E-state index in [2.05, 4.69) is 43.2 Å². The minimum atomic E-state index is -0.964. The second kappa shape index (κ2) is 8.68. The van der Waals surface area contributed by atoms with Gasteiger partial charge in [0.15, 0.2) is 0 Å². The molecule has 0 atom stereocenters. The summed E-state index contributed by atoms with van der Waals surface area (Å²) >= 11 is 0. The molecule has 3 rings (SSSR count). The highest BCUT2D eigenvalue weighted by atomic mass is 16.2. The number of carbonyl (C=O) groups is 2. The maximum Gasteiger partial charge on any atom is 0.240 e. The van der Waals surface area contributed by atoms with Gasteiger partial charge in [-0.3, -0.25) is 9.59 Å². The van der Waals surface area contributed by atoms with Crippen molar-refractivity contribution in [3.63, 3.8) is 0 Å². The first-order valence-corrected chi connectivity index (χ1v) is 10.5. The lowest BCUT2D eigenvalue weighted by Gasteiger charge is -2.21. The van der Waals surface area contributed by atoms with Crippen LogP contribution < -0.4 is 15.5 Å². The Morgan fingerprint density at radius 2 is 1.31 bits per heavy atom. The summed E-state index contributed by atoms with van der Waals surface area (Å²) in [5, 5.41) is 5.83. The molecule has 2 aromatic rings. The second-order valence-electron chi connectivity index (χ2n) is 7.99. The van der Waals surface area contributed by atoms with E-state index < -0.39 is 5.41 Å². The molecule has 0 saturated heterocycles. The number of hydrogen-bond donors (Lipinski definition) is 2. The first-order valence-electron chi connectivity index (χ1n) is 10.5. The van der Waals surface area contributed by atoms with Gasteiger partial charge in [0.05, 0.1) is 0 Å². The highest BCUT2D eigenvalue weighted by molar-refractivity contribution is 6.16. The van der Waals surface area contributed by atoms with Gasteiger partial charge in [0.25, 0.3) is 0 Å². The molecular weight excluding hydrogens is 362 g/mol. The van der Waals surface area contributed by atoms with E-state index >= 15 is 0 Å². The Kier molecular flexibility index (Phi) is 6.26. The minimum Gasteiger partial charge on any atom is -0.372 e. The summed E-state index contributed by atoms with van der Waals surface area (Å²) in [7, 11) is 0. The lowest BCUT2D eigenvalue weighted by atomic mass is 10.0. The number of carbonyl (C=O) groups excluding carboxylic acids is 2. The van der Waals surface area contributed by atoms with Gasteiger partial charge in [-0.2, -0.15) is 0 Å². The van der Waals surface area contributed by atoms with E-state index in [4.69, 9.17) is 0 Å². The topological polar surface area (TPSA) is 61.4 Å². The molecule has 2 N–H and O–H groups in total. The Morgan fingerprint density at radius 1 is 0.862 bits per heavy atom. The van der Waals surface area contributed by atoms with E-state index in [1.165, 1.54) is 5.56 Å². The van der Waals surface area contributed by atoms with Gasteiger partial charge >= 0.3 is 0 Å². The van der Waals surface area contributed by atoms with Crippen LogP contribution in [-0.2, 0) is 9.59 Å². The molecule has 2 amide bonds. The van der Waals surface area contributed by atoms with Crippen LogP contribution in [0.4, 0.5) is 17.1 Å². The van der Waals surface area contributed by atoms with Crippen LogP contribution in [0.5, 0.6) is 0 Å². The summed E-state index contributed by atoms with van der Waals surface area (Å²) in [6.45, 7) is 10.4. The molecule has 5 heteroatoms. The summed E-state index contributed by atoms with van der Waals surface area (Å²) in [5.74, 6) is -0.0233. The van der Waals surface area contributed by atoms with Crippen LogP contribution in [0.25, 0.3) is 0 Å². The Balaban J connectivity index is 1.63. The SMILES string of the molecule is CCN(CC)c1ccc(NC(=O)C2(C(=O)Nc3ccc(C(C)C)cc3)CC2)cc1. The lowest BCUT2D eigenvalue weighted by molar-refractivity contribution is -0.131. The molecule has 0 radical (unpaired) electrons. The van der Waals surface area contributed by atoms with Crippen LogP contribution in [-0.4, -0.2) is 24.9 Å². The number of rotatable bonds is 8. The molecule has 0 aromatic heterocycles. The van der Waals surface area contributed by atoms with Crippen molar-refractivity contribution in [3.05, 3.63) is 54.1 Å². The van der Waals surface area contributed by atoms with Gasteiger partial charge in [-0.15, -0.1) is 0 Å². The van der Waals surface area contributed by atoms with Crippen molar-refractivity contribution in [3.8, 4) is 0 Å². The molecule has 0 spiro atoms. The van der Waals surface area contributed by atoms with Crippen molar-refractivity contribution in [2.45, 2.75) is 46.5 Å². The van der Waals surface area contributed by atoms with Gasteiger partial charge in [-0.05, 0) is 74.6 Å². The smallest absolute Gasteiger partial charge is 0.240 e. The Hall–Kier alpha value is -2.82. The van der Waals surface area contributed by atoms with Gasteiger partial charge in [-0.1, -0.05) is 26.0 Å². The third kappa shape index (κ3) is 4.61. The average molecular weight is 394 g/mol. The Labute approximate surface area is 173 Å². The first-order chi connectivity index (χ1) is 13.9. The van der Waals surface area contributed by atoms with Gasteiger partial charge in [-0.25, -0.2) is 0 Å². The zero-order valence-corrected chi connectivity index (χ0v) is 17.8. The monoisotopic (exact) mass is 393 g/mol. The third-order valence-electron chi connectivity index (χ3n) is 5.71. The molecule has 1 aliphatic rings. The van der Waals surface area contributed by atoms with Gasteiger partial charge in [0, 0.05) is 30.2 Å². The van der Waals surface area contributed by atoms with E-state index in [0.717, 1.165) is 24.5 Å². The predicted octanol–water partition coefficient (Wildman–Crippen LogP) is 5.01. The van der Waals surface area contributed by atoms with Crippen LogP contribution in [0.15, 0.2) is 48.5 Å². The van der Waals surface area contributed by atoms with Crippen molar-refractivity contribution in [1.29, 1.82) is 0 Å². The highest BCUT2D eigenvalue weighted by Crippen LogP contribution is 2.47. The first kappa shape index (κ1) is 20.9. The third-order valence-corrected chi connectivity index (χ3v) is 5.71. The number of anilines is 3. The molecule has 0 heterocycles. The van der Waals surface area contributed by atoms with E-state index in [-0.39, 0.29) is 11.8 Å². The van der Waals surface area contributed by atoms with E-state index in [1.807, 2.05) is 48.5 Å². The summed E-state index contributed by atoms with van der Waals surface area (Å²) in [4.78, 5) is 27.9. The number of nitrogens with zero attached hydrogens (tertiary/aromatic N) is 1. The standard InChI is InChI=1S/C24H31N3O2/c1-5-27(6-2)21-13-11-20(12-14-21)26-23(29)24(15-16-24)22(28)25-19-9-7-18(8-10-19)17(3)4/h7-14,17H,5-6,15-16H2,1-4H3,(H,25,28)(H,26,29). The predicted molar refractivity (Wildman–Crippen MR) is 119 cm³/mol. The highest BCUT2D eigenvalue weighted by Gasteiger charge is 2.56. The zero-order chi connectivity index (χ0) is 21.0. The van der Waals surface area contributed by atoms with Crippen LogP contribution in [0.1, 0.15) is 52.0 Å². The van der Waals surface area contributed by atoms with Crippen molar-refractivity contribution < 1.29 is 9.59 Å². The molecule has 0 unspecified atom stereocenters. The average Bonchev–Trinajstić information content (AvgIpc) is 3.53. The maximum atomic E-state index is 12.8. The number of amides is 2. The lowest BCUT2D eigenvalue weighted by Crippen LogP contribution is -2.35. The van der Waals surface area contributed by atoms with E-state index in [1.54, 1.807) is 0 Å². The number of hydrogen-bond acceptors (Lipinski definition) is 3. The Morgan fingerprint density at radius 3 is 1.69 bits per heavy atom. The largest absolute Gasteiger partial charge is 0.372 e. The van der Waals surface area contributed by atoms with Crippen molar-refractivity contribution in [2.24, 2.45) is 5.41 Å². The number of benzene rings is 2. The van der Waals surface area contributed by atoms with Gasteiger partial charge < -0.3 is 15.5 Å². The molecule has 1 saturated carbocycles. The maximum absolute atomic E-state index is 12.8. The number of nitrogens with one attached hydrogen (secondary N) is 2. The molecule has 0 aliphatic heterocycles. The van der Waals surface area contributed by atoms with Crippen molar-refractivity contribution in [1.82, 2.24) is 0 Å². The van der Waals surface area contributed by atoms with Crippen molar-refractivity contribution in [2.75, 3.05) is 28.6 Å². The summed E-state index contributed by atoms with van der Waals surface area (Å²) in [6, 6.07) is 15.6. The summed E-state index contributed by atoms with van der Waals surface area (Å²) in [5.41, 5.74) is 2.81. The molecular formula is C24H31N3O2. The molecule has 0 bridgehead atoms. The fourth-order valence-corrected chi connectivity index (χ4v) is 3.48. The van der Waals surface area contributed by atoms with E-state index in [9.17, 15) is 9.59 Å². The van der Waals surface area contributed by atoms with Gasteiger partial charge in [0.2, 0.25) is 11.8 Å². The van der Waals surface area contributed by atoms with Crippen LogP contribution >= 0.6 is 0 Å².